The molecule has 3 rings (SSSR count). The molecule has 2 heterocycles. The van der Waals surface area contributed by atoms with Gasteiger partial charge >= 0.3 is 0 Å². The Bertz CT molecular complexity index is 748. The molecule has 102 valence electrons. The third-order valence-electron chi connectivity index (χ3n) is 3.44. The first-order chi connectivity index (χ1) is 9.45. The first kappa shape index (κ1) is 12.7. The molecule has 0 saturated carbocycles. The first-order valence-electron chi connectivity index (χ1n) is 6.67. The van der Waals surface area contributed by atoms with E-state index in [2.05, 4.69) is 55.1 Å². The molecule has 0 amide bonds. The SMILES string of the molecule is CC(C)(C)c1ccc(-c2cccn3nc(N)nc23)cc1. The lowest BCUT2D eigenvalue weighted by molar-refractivity contribution is 0.590. The highest BCUT2D eigenvalue weighted by molar-refractivity contribution is 5.77. The van der Waals surface area contributed by atoms with Gasteiger partial charge in [-0.05, 0) is 28.7 Å². The monoisotopic (exact) mass is 266 g/mol. The van der Waals surface area contributed by atoms with Crippen LogP contribution in [0.15, 0.2) is 42.6 Å². The molecular weight excluding hydrogens is 248 g/mol. The zero-order chi connectivity index (χ0) is 14.3. The predicted molar refractivity (Wildman–Crippen MR) is 81.5 cm³/mol. The van der Waals surface area contributed by atoms with Crippen LogP contribution in [0.2, 0.25) is 0 Å². The number of hydrogen-bond acceptors (Lipinski definition) is 3. The van der Waals surface area contributed by atoms with E-state index in [4.69, 9.17) is 5.73 Å². The van der Waals surface area contributed by atoms with Crippen molar-refractivity contribution in [2.45, 2.75) is 26.2 Å². The molecule has 0 unspecified atom stereocenters. The van der Waals surface area contributed by atoms with E-state index < -0.39 is 0 Å². The molecule has 4 heteroatoms. The summed E-state index contributed by atoms with van der Waals surface area (Å²) < 4.78 is 1.71. The van der Waals surface area contributed by atoms with Crippen LogP contribution >= 0.6 is 0 Å². The maximum atomic E-state index is 5.68. The van der Waals surface area contributed by atoms with Crippen LogP contribution < -0.4 is 5.73 Å². The summed E-state index contributed by atoms with van der Waals surface area (Å²) in [6.07, 6.45) is 1.85. The zero-order valence-corrected chi connectivity index (χ0v) is 12.0. The van der Waals surface area contributed by atoms with Crippen LogP contribution in [-0.4, -0.2) is 14.6 Å². The maximum absolute atomic E-state index is 5.68. The molecule has 0 saturated heterocycles. The van der Waals surface area contributed by atoms with Crippen molar-refractivity contribution in [1.29, 1.82) is 0 Å². The van der Waals surface area contributed by atoms with Gasteiger partial charge in [0.2, 0.25) is 5.95 Å². The Balaban J connectivity index is 2.11. The van der Waals surface area contributed by atoms with Crippen molar-refractivity contribution in [3.8, 4) is 11.1 Å². The fourth-order valence-electron chi connectivity index (χ4n) is 2.30. The van der Waals surface area contributed by atoms with Crippen molar-refractivity contribution in [3.05, 3.63) is 48.2 Å². The van der Waals surface area contributed by atoms with Crippen LogP contribution in [0.3, 0.4) is 0 Å². The topological polar surface area (TPSA) is 56.2 Å². The molecule has 0 bridgehead atoms. The third kappa shape index (κ3) is 2.13. The summed E-state index contributed by atoms with van der Waals surface area (Å²) >= 11 is 0. The van der Waals surface area contributed by atoms with Gasteiger partial charge in [0.15, 0.2) is 5.65 Å². The van der Waals surface area contributed by atoms with Gasteiger partial charge in [0.05, 0.1) is 0 Å². The third-order valence-corrected chi connectivity index (χ3v) is 3.44. The van der Waals surface area contributed by atoms with Gasteiger partial charge in [-0.1, -0.05) is 45.0 Å². The zero-order valence-electron chi connectivity index (χ0n) is 12.0. The smallest absolute Gasteiger partial charge is 0.240 e. The lowest BCUT2D eigenvalue weighted by atomic mass is 9.86. The van der Waals surface area contributed by atoms with E-state index in [1.54, 1.807) is 4.52 Å². The summed E-state index contributed by atoms with van der Waals surface area (Å²) in [7, 11) is 0. The van der Waals surface area contributed by atoms with Crippen LogP contribution in [0.1, 0.15) is 26.3 Å². The largest absolute Gasteiger partial charge is 0.366 e. The summed E-state index contributed by atoms with van der Waals surface area (Å²) in [4.78, 5) is 4.29. The molecule has 20 heavy (non-hydrogen) atoms. The summed E-state index contributed by atoms with van der Waals surface area (Å²) in [5, 5.41) is 4.14. The fourth-order valence-corrected chi connectivity index (χ4v) is 2.30. The number of anilines is 1. The molecule has 0 radical (unpaired) electrons. The lowest BCUT2D eigenvalue weighted by Crippen LogP contribution is -2.10. The quantitative estimate of drug-likeness (QED) is 0.735. The molecule has 0 aliphatic heterocycles. The Morgan fingerprint density at radius 3 is 2.40 bits per heavy atom. The number of fused-ring (bicyclic) bond motifs is 1. The Morgan fingerprint density at radius 1 is 1.05 bits per heavy atom. The highest BCUT2D eigenvalue weighted by Gasteiger charge is 2.14. The van der Waals surface area contributed by atoms with E-state index in [1.807, 2.05) is 18.3 Å². The Morgan fingerprint density at radius 2 is 1.75 bits per heavy atom. The summed E-state index contributed by atoms with van der Waals surface area (Å²) in [6, 6.07) is 12.6. The average molecular weight is 266 g/mol. The van der Waals surface area contributed by atoms with Crippen molar-refractivity contribution in [3.63, 3.8) is 0 Å². The number of pyridine rings is 1. The van der Waals surface area contributed by atoms with Crippen molar-refractivity contribution in [2.75, 3.05) is 5.73 Å². The molecule has 2 N–H and O–H groups in total. The van der Waals surface area contributed by atoms with E-state index in [0.29, 0.717) is 5.95 Å². The van der Waals surface area contributed by atoms with E-state index in [0.717, 1.165) is 16.8 Å². The number of nitrogen functional groups attached to an aromatic ring is 1. The molecule has 0 atom stereocenters. The van der Waals surface area contributed by atoms with Gasteiger partial charge in [-0.3, -0.25) is 0 Å². The molecule has 3 aromatic rings. The number of nitrogens with zero attached hydrogens (tertiary/aromatic N) is 3. The Hall–Kier alpha value is -2.36. The van der Waals surface area contributed by atoms with Crippen molar-refractivity contribution < 1.29 is 0 Å². The molecule has 2 aromatic heterocycles. The van der Waals surface area contributed by atoms with Crippen LogP contribution in [0.25, 0.3) is 16.8 Å². The minimum Gasteiger partial charge on any atom is -0.366 e. The summed E-state index contributed by atoms with van der Waals surface area (Å²) in [5.74, 6) is 0.295. The molecule has 0 aliphatic rings. The minimum absolute atomic E-state index is 0.157. The second kappa shape index (κ2) is 4.34. The highest BCUT2D eigenvalue weighted by Crippen LogP contribution is 2.28. The van der Waals surface area contributed by atoms with Crippen LogP contribution in [0, 0.1) is 0 Å². The molecule has 0 fully saturated rings. The Labute approximate surface area is 118 Å². The number of hydrogen-bond donors (Lipinski definition) is 1. The van der Waals surface area contributed by atoms with Gasteiger partial charge < -0.3 is 5.73 Å². The number of benzene rings is 1. The molecule has 0 aliphatic carbocycles. The van der Waals surface area contributed by atoms with E-state index >= 15 is 0 Å². The predicted octanol–water partition coefficient (Wildman–Crippen LogP) is 3.28. The first-order valence-corrected chi connectivity index (χ1v) is 6.67. The maximum Gasteiger partial charge on any atom is 0.240 e. The number of rotatable bonds is 1. The second-order valence-electron chi connectivity index (χ2n) is 5.99. The van der Waals surface area contributed by atoms with Gasteiger partial charge in [0.25, 0.3) is 0 Å². The molecular formula is C16H18N4. The minimum atomic E-state index is 0.157. The molecule has 0 spiro atoms. The molecule has 1 aromatic carbocycles. The summed E-state index contributed by atoms with van der Waals surface area (Å²) in [5.41, 5.74) is 10.1. The summed E-state index contributed by atoms with van der Waals surface area (Å²) in [6.45, 7) is 6.63. The average Bonchev–Trinajstić information content (AvgIpc) is 2.78. The van der Waals surface area contributed by atoms with Gasteiger partial charge in [0, 0.05) is 11.8 Å². The normalized spacial score (nSPS) is 11.9. The standard InChI is InChI=1S/C16H18N4/c1-16(2,3)12-8-6-11(7-9-12)13-5-4-10-20-14(13)18-15(17)19-20/h4-10H,1-3H3,(H2,17,19). The number of nitrogens with two attached hydrogens (primary N) is 1. The van der Waals surface area contributed by atoms with Crippen LogP contribution in [-0.2, 0) is 5.41 Å². The Kier molecular flexibility index (Phi) is 2.74. The van der Waals surface area contributed by atoms with Gasteiger partial charge in [0.1, 0.15) is 0 Å². The molecule has 4 nitrogen and oxygen atoms in total. The van der Waals surface area contributed by atoms with Gasteiger partial charge in [-0.15, -0.1) is 5.10 Å². The van der Waals surface area contributed by atoms with Gasteiger partial charge in [-0.2, -0.15) is 4.98 Å². The van der Waals surface area contributed by atoms with Crippen LogP contribution in [0.4, 0.5) is 5.95 Å². The van der Waals surface area contributed by atoms with E-state index in [1.165, 1.54) is 5.56 Å². The van der Waals surface area contributed by atoms with Crippen molar-refractivity contribution >= 4 is 11.6 Å². The van der Waals surface area contributed by atoms with Crippen molar-refractivity contribution in [2.24, 2.45) is 0 Å². The van der Waals surface area contributed by atoms with Crippen LogP contribution in [0.5, 0.6) is 0 Å². The highest BCUT2D eigenvalue weighted by atomic mass is 15.3. The van der Waals surface area contributed by atoms with Gasteiger partial charge in [-0.25, -0.2) is 4.52 Å². The number of aromatic nitrogens is 3. The van der Waals surface area contributed by atoms with E-state index in [9.17, 15) is 0 Å². The second-order valence-corrected chi connectivity index (χ2v) is 5.99. The fraction of sp³-hybridized carbons (Fsp3) is 0.250. The lowest BCUT2D eigenvalue weighted by Gasteiger charge is -2.19. The van der Waals surface area contributed by atoms with E-state index in [-0.39, 0.29) is 5.41 Å². The van der Waals surface area contributed by atoms with Crippen molar-refractivity contribution in [1.82, 2.24) is 14.6 Å².